The normalized spacial score (nSPS) is 11.0. The molecule has 0 radical (unpaired) electrons. The molecule has 0 unspecified atom stereocenters. The molecule has 0 heterocycles. The molecule has 0 aliphatic rings. The van der Waals surface area contributed by atoms with Crippen LogP contribution >= 0.6 is 0 Å². The third-order valence-corrected chi connectivity index (χ3v) is 2.77. The van der Waals surface area contributed by atoms with E-state index in [2.05, 4.69) is 15.8 Å². The summed E-state index contributed by atoms with van der Waals surface area (Å²) in [7, 11) is 0. The zero-order valence-electron chi connectivity index (χ0n) is 11.3. The van der Waals surface area contributed by atoms with Crippen LogP contribution in [0.5, 0.6) is 0 Å². The van der Waals surface area contributed by atoms with E-state index in [1.165, 1.54) is 18.2 Å². The molecule has 0 saturated carbocycles. The van der Waals surface area contributed by atoms with E-state index in [9.17, 15) is 9.18 Å². The van der Waals surface area contributed by atoms with Gasteiger partial charge in [-0.25, -0.2) is 9.18 Å². The van der Waals surface area contributed by atoms with Crippen LogP contribution in [0.3, 0.4) is 0 Å². The Morgan fingerprint density at radius 3 is 2.33 bits per heavy atom. The highest BCUT2D eigenvalue weighted by Gasteiger charge is 2.05. The van der Waals surface area contributed by atoms with Gasteiger partial charge in [-0.2, -0.15) is 0 Å². The number of nitrogens with one attached hydrogen (secondary N) is 2. The Morgan fingerprint density at radius 1 is 1.10 bits per heavy atom. The zero-order chi connectivity index (χ0) is 15.2. The lowest BCUT2D eigenvalue weighted by molar-refractivity contribution is 0.262. The number of anilines is 2. The van der Waals surface area contributed by atoms with Crippen LogP contribution in [-0.4, -0.2) is 17.0 Å². The molecule has 2 aromatic rings. The average Bonchev–Trinajstić information content (AvgIpc) is 2.46. The number of halogens is 1. The summed E-state index contributed by atoms with van der Waals surface area (Å²) in [6.45, 7) is 1.64. The van der Waals surface area contributed by atoms with Crippen molar-refractivity contribution in [1.82, 2.24) is 0 Å². The third kappa shape index (κ3) is 4.04. The van der Waals surface area contributed by atoms with Crippen molar-refractivity contribution in [2.45, 2.75) is 6.92 Å². The fourth-order valence-electron chi connectivity index (χ4n) is 1.74. The molecule has 0 saturated heterocycles. The van der Waals surface area contributed by atoms with Gasteiger partial charge in [0, 0.05) is 16.9 Å². The van der Waals surface area contributed by atoms with Gasteiger partial charge in [-0.1, -0.05) is 23.4 Å². The highest BCUT2D eigenvalue weighted by atomic mass is 19.1. The first-order chi connectivity index (χ1) is 10.1. The van der Waals surface area contributed by atoms with Gasteiger partial charge in [0.15, 0.2) is 0 Å². The number of rotatable bonds is 3. The van der Waals surface area contributed by atoms with Gasteiger partial charge in [-0.3, -0.25) is 0 Å². The summed E-state index contributed by atoms with van der Waals surface area (Å²) in [6.07, 6.45) is 0. The van der Waals surface area contributed by atoms with Crippen molar-refractivity contribution in [2.24, 2.45) is 5.16 Å². The molecule has 0 aliphatic carbocycles. The molecule has 0 fully saturated rings. The molecule has 0 aromatic heterocycles. The van der Waals surface area contributed by atoms with Crippen LogP contribution in [0.1, 0.15) is 12.5 Å². The molecule has 0 spiro atoms. The van der Waals surface area contributed by atoms with Gasteiger partial charge in [-0.15, -0.1) is 0 Å². The maximum Gasteiger partial charge on any atom is 0.323 e. The van der Waals surface area contributed by atoms with Crippen LogP contribution in [0.4, 0.5) is 20.6 Å². The number of carbonyl (C=O) groups excluding carboxylic acids is 1. The van der Waals surface area contributed by atoms with Crippen LogP contribution < -0.4 is 10.6 Å². The smallest absolute Gasteiger partial charge is 0.323 e. The molecule has 5 nitrogen and oxygen atoms in total. The predicted octanol–water partition coefficient (Wildman–Crippen LogP) is 3.67. The number of amides is 2. The monoisotopic (exact) mass is 287 g/mol. The van der Waals surface area contributed by atoms with Crippen molar-refractivity contribution in [3.63, 3.8) is 0 Å². The van der Waals surface area contributed by atoms with E-state index in [0.29, 0.717) is 22.6 Å². The Labute approximate surface area is 121 Å². The molecule has 0 aliphatic heterocycles. The van der Waals surface area contributed by atoms with Gasteiger partial charge in [-0.05, 0) is 37.3 Å². The number of nitrogens with zero attached hydrogens (tertiary/aromatic N) is 1. The van der Waals surface area contributed by atoms with Crippen LogP contribution in [0.2, 0.25) is 0 Å². The second-order valence-corrected chi connectivity index (χ2v) is 4.36. The molecule has 0 bridgehead atoms. The van der Waals surface area contributed by atoms with Gasteiger partial charge < -0.3 is 15.8 Å². The fourth-order valence-corrected chi connectivity index (χ4v) is 1.74. The van der Waals surface area contributed by atoms with E-state index in [4.69, 9.17) is 5.21 Å². The van der Waals surface area contributed by atoms with E-state index in [0.717, 1.165) is 0 Å². The minimum absolute atomic E-state index is 0.358. The predicted molar refractivity (Wildman–Crippen MR) is 79.5 cm³/mol. The minimum Gasteiger partial charge on any atom is -0.411 e. The first-order valence-electron chi connectivity index (χ1n) is 6.21. The summed E-state index contributed by atoms with van der Waals surface area (Å²) in [4.78, 5) is 11.8. The quantitative estimate of drug-likeness (QED) is 0.458. The van der Waals surface area contributed by atoms with E-state index >= 15 is 0 Å². The van der Waals surface area contributed by atoms with Crippen molar-refractivity contribution < 1.29 is 14.4 Å². The topological polar surface area (TPSA) is 73.7 Å². The lowest BCUT2D eigenvalue weighted by Crippen LogP contribution is -2.19. The summed E-state index contributed by atoms with van der Waals surface area (Å²) in [6, 6.07) is 12.0. The summed E-state index contributed by atoms with van der Waals surface area (Å²) in [5.74, 6) is -0.426. The number of carbonyl (C=O) groups is 1. The lowest BCUT2D eigenvalue weighted by atomic mass is 10.1. The molecule has 3 N–H and O–H groups in total. The van der Waals surface area contributed by atoms with Crippen LogP contribution in [0.25, 0.3) is 0 Å². The highest BCUT2D eigenvalue weighted by molar-refractivity contribution is 6.02. The third-order valence-electron chi connectivity index (χ3n) is 2.77. The summed E-state index contributed by atoms with van der Waals surface area (Å²) < 4.78 is 13.0. The molecular weight excluding hydrogens is 273 g/mol. The van der Waals surface area contributed by atoms with Crippen molar-refractivity contribution >= 4 is 23.1 Å². The molecule has 2 aromatic carbocycles. The number of urea groups is 1. The molecule has 6 heteroatoms. The van der Waals surface area contributed by atoms with Crippen LogP contribution in [0, 0.1) is 5.82 Å². The van der Waals surface area contributed by atoms with E-state index < -0.39 is 11.8 Å². The molecule has 0 atom stereocenters. The SMILES string of the molecule is C/C(=N\O)c1cccc(NC(=O)Nc2cccc(F)c2)c1. The van der Waals surface area contributed by atoms with Gasteiger partial charge in [0.1, 0.15) is 5.82 Å². The highest BCUT2D eigenvalue weighted by Crippen LogP contribution is 2.13. The standard InChI is InChI=1S/C15H14FN3O2/c1-10(19-21)11-4-2-6-13(8-11)17-15(20)18-14-7-3-5-12(16)9-14/h2-9,21H,1H3,(H2,17,18,20)/b19-10+. The van der Waals surface area contributed by atoms with Gasteiger partial charge in [0.25, 0.3) is 0 Å². The summed E-state index contributed by atoms with van der Waals surface area (Å²) >= 11 is 0. The maximum absolute atomic E-state index is 13.0. The van der Waals surface area contributed by atoms with Crippen molar-refractivity contribution in [3.8, 4) is 0 Å². The van der Waals surface area contributed by atoms with Gasteiger partial charge in [0.2, 0.25) is 0 Å². The Balaban J connectivity index is 2.06. The molecule has 2 rings (SSSR count). The van der Waals surface area contributed by atoms with Crippen LogP contribution in [-0.2, 0) is 0 Å². The number of oxime groups is 1. The summed E-state index contributed by atoms with van der Waals surface area (Å²) in [5, 5.41) is 17.0. The van der Waals surface area contributed by atoms with E-state index in [1.54, 1.807) is 37.3 Å². The largest absolute Gasteiger partial charge is 0.411 e. The fraction of sp³-hybridized carbons (Fsp3) is 0.0667. The average molecular weight is 287 g/mol. The van der Waals surface area contributed by atoms with Crippen LogP contribution in [0.15, 0.2) is 53.7 Å². The summed E-state index contributed by atoms with van der Waals surface area (Å²) in [5.41, 5.74) is 2.01. The molecule has 21 heavy (non-hydrogen) atoms. The Morgan fingerprint density at radius 2 is 1.71 bits per heavy atom. The van der Waals surface area contributed by atoms with E-state index in [1.807, 2.05) is 0 Å². The number of benzene rings is 2. The van der Waals surface area contributed by atoms with Crippen molar-refractivity contribution in [3.05, 3.63) is 59.9 Å². The Bertz CT molecular complexity index is 686. The molecule has 2 amide bonds. The van der Waals surface area contributed by atoms with Gasteiger partial charge in [0.05, 0.1) is 5.71 Å². The minimum atomic E-state index is -0.489. The number of hydrogen-bond donors (Lipinski definition) is 3. The van der Waals surface area contributed by atoms with Crippen molar-refractivity contribution in [2.75, 3.05) is 10.6 Å². The lowest BCUT2D eigenvalue weighted by Gasteiger charge is -2.09. The van der Waals surface area contributed by atoms with Gasteiger partial charge >= 0.3 is 6.03 Å². The van der Waals surface area contributed by atoms with Crippen molar-refractivity contribution in [1.29, 1.82) is 0 Å². The maximum atomic E-state index is 13.0. The van der Waals surface area contributed by atoms with E-state index in [-0.39, 0.29) is 0 Å². The Kier molecular flexibility index (Phi) is 4.50. The molecule has 108 valence electrons. The first-order valence-corrected chi connectivity index (χ1v) is 6.21. The molecular formula is C15H14FN3O2. The zero-order valence-corrected chi connectivity index (χ0v) is 11.3. The number of hydrogen-bond acceptors (Lipinski definition) is 3. The second-order valence-electron chi connectivity index (χ2n) is 4.36. The second kappa shape index (κ2) is 6.51. The first kappa shape index (κ1) is 14.5. The Hall–Kier alpha value is -2.89.